The van der Waals surface area contributed by atoms with Gasteiger partial charge in [0.15, 0.2) is 0 Å². The third-order valence-electron chi connectivity index (χ3n) is 4.85. The van der Waals surface area contributed by atoms with Crippen molar-refractivity contribution in [2.75, 3.05) is 37.7 Å². The third kappa shape index (κ3) is 3.41. The number of likely N-dealkylation sites (N-methyl/N-ethyl adjacent to an activating group) is 1. The molecule has 0 aliphatic carbocycles. The van der Waals surface area contributed by atoms with Crippen LogP contribution in [-0.2, 0) is 11.2 Å². The molecule has 3 nitrogen and oxygen atoms in total. The van der Waals surface area contributed by atoms with E-state index in [9.17, 15) is 0 Å². The summed E-state index contributed by atoms with van der Waals surface area (Å²) in [6.45, 7) is 9.73. The molecule has 116 valence electrons. The summed E-state index contributed by atoms with van der Waals surface area (Å²) in [4.78, 5) is 2.59. The standard InChI is InChI=1S/C18H28N2O/c1-3-19-17(16-8-9-21-13-16)12-20-11-14(2)10-15-6-4-5-7-18(15)20/h4-7,14,16-17,19H,3,8-13H2,1-2H3. The second-order valence-corrected chi connectivity index (χ2v) is 6.63. The second-order valence-electron chi connectivity index (χ2n) is 6.63. The maximum atomic E-state index is 5.61. The van der Waals surface area contributed by atoms with Gasteiger partial charge in [0.1, 0.15) is 0 Å². The Kier molecular flexibility index (Phi) is 4.81. The minimum atomic E-state index is 0.538. The van der Waals surface area contributed by atoms with E-state index in [2.05, 4.69) is 48.3 Å². The average Bonchev–Trinajstić information content (AvgIpc) is 3.00. The minimum absolute atomic E-state index is 0.538. The van der Waals surface area contributed by atoms with Crippen LogP contribution < -0.4 is 10.2 Å². The summed E-state index contributed by atoms with van der Waals surface area (Å²) in [5, 5.41) is 3.70. The number of hydrogen-bond acceptors (Lipinski definition) is 3. The van der Waals surface area contributed by atoms with Crippen LogP contribution >= 0.6 is 0 Å². The van der Waals surface area contributed by atoms with Crippen molar-refractivity contribution in [2.45, 2.75) is 32.7 Å². The largest absolute Gasteiger partial charge is 0.381 e. The van der Waals surface area contributed by atoms with E-state index in [1.165, 1.54) is 30.6 Å². The summed E-state index contributed by atoms with van der Waals surface area (Å²) in [6.07, 6.45) is 2.41. The van der Waals surface area contributed by atoms with Gasteiger partial charge in [-0.25, -0.2) is 0 Å². The fraction of sp³-hybridized carbons (Fsp3) is 0.667. The molecular weight excluding hydrogens is 260 g/mol. The average molecular weight is 288 g/mol. The summed E-state index contributed by atoms with van der Waals surface area (Å²) < 4.78 is 5.61. The minimum Gasteiger partial charge on any atom is -0.381 e. The van der Waals surface area contributed by atoms with Crippen LogP contribution in [0.5, 0.6) is 0 Å². The van der Waals surface area contributed by atoms with Crippen molar-refractivity contribution < 1.29 is 4.74 Å². The number of anilines is 1. The predicted molar refractivity (Wildman–Crippen MR) is 87.9 cm³/mol. The van der Waals surface area contributed by atoms with E-state index < -0.39 is 0 Å². The van der Waals surface area contributed by atoms with E-state index in [4.69, 9.17) is 4.74 Å². The Labute approximate surface area is 128 Å². The molecule has 1 aromatic rings. The second kappa shape index (κ2) is 6.80. The molecule has 1 fully saturated rings. The Morgan fingerprint density at radius 2 is 2.24 bits per heavy atom. The number of para-hydroxylation sites is 1. The lowest BCUT2D eigenvalue weighted by Crippen LogP contribution is -2.48. The highest BCUT2D eigenvalue weighted by Crippen LogP contribution is 2.30. The van der Waals surface area contributed by atoms with E-state index in [1.54, 1.807) is 0 Å². The van der Waals surface area contributed by atoms with E-state index in [1.807, 2.05) is 0 Å². The van der Waals surface area contributed by atoms with Crippen molar-refractivity contribution in [3.8, 4) is 0 Å². The van der Waals surface area contributed by atoms with E-state index in [-0.39, 0.29) is 0 Å². The summed E-state index contributed by atoms with van der Waals surface area (Å²) in [5.41, 5.74) is 2.95. The van der Waals surface area contributed by atoms with E-state index >= 15 is 0 Å². The Morgan fingerprint density at radius 1 is 1.38 bits per heavy atom. The molecule has 2 heterocycles. The molecule has 2 aliphatic heterocycles. The first-order valence-corrected chi connectivity index (χ1v) is 8.42. The van der Waals surface area contributed by atoms with Crippen LogP contribution in [0.2, 0.25) is 0 Å². The van der Waals surface area contributed by atoms with Crippen LogP contribution in [0, 0.1) is 11.8 Å². The predicted octanol–water partition coefficient (Wildman–Crippen LogP) is 2.70. The molecule has 3 rings (SSSR count). The van der Waals surface area contributed by atoms with Crippen LogP contribution in [-0.4, -0.2) is 38.9 Å². The van der Waals surface area contributed by atoms with Gasteiger partial charge >= 0.3 is 0 Å². The van der Waals surface area contributed by atoms with Gasteiger partial charge < -0.3 is 15.0 Å². The maximum absolute atomic E-state index is 5.61. The summed E-state index contributed by atoms with van der Waals surface area (Å²) in [6, 6.07) is 9.45. The molecule has 0 radical (unpaired) electrons. The quantitative estimate of drug-likeness (QED) is 0.901. The number of hydrogen-bond donors (Lipinski definition) is 1. The van der Waals surface area contributed by atoms with Gasteiger partial charge in [0.2, 0.25) is 0 Å². The highest BCUT2D eigenvalue weighted by atomic mass is 16.5. The first kappa shape index (κ1) is 14.9. The number of nitrogens with one attached hydrogen (secondary N) is 1. The monoisotopic (exact) mass is 288 g/mol. The smallest absolute Gasteiger partial charge is 0.0510 e. The molecule has 0 aromatic heterocycles. The first-order chi connectivity index (χ1) is 10.3. The Bertz CT molecular complexity index is 456. The number of ether oxygens (including phenoxy) is 1. The van der Waals surface area contributed by atoms with Gasteiger partial charge in [-0.05, 0) is 36.9 Å². The van der Waals surface area contributed by atoms with Crippen molar-refractivity contribution in [3.05, 3.63) is 29.8 Å². The van der Waals surface area contributed by atoms with Crippen LogP contribution in [0.1, 0.15) is 25.8 Å². The van der Waals surface area contributed by atoms with Crippen LogP contribution in [0.4, 0.5) is 5.69 Å². The summed E-state index contributed by atoms with van der Waals surface area (Å²) in [7, 11) is 0. The number of rotatable bonds is 5. The van der Waals surface area contributed by atoms with Gasteiger partial charge in [0.25, 0.3) is 0 Å². The summed E-state index contributed by atoms with van der Waals surface area (Å²) in [5.74, 6) is 1.40. The molecule has 2 aliphatic rings. The number of nitrogens with zero attached hydrogens (tertiary/aromatic N) is 1. The molecule has 3 unspecified atom stereocenters. The zero-order chi connectivity index (χ0) is 14.7. The van der Waals surface area contributed by atoms with Crippen LogP contribution in [0.15, 0.2) is 24.3 Å². The zero-order valence-electron chi connectivity index (χ0n) is 13.3. The van der Waals surface area contributed by atoms with E-state index in [0.717, 1.165) is 32.2 Å². The van der Waals surface area contributed by atoms with Gasteiger partial charge in [0, 0.05) is 37.3 Å². The molecule has 3 heteroatoms. The normalized spacial score (nSPS) is 26.7. The molecule has 0 spiro atoms. The topological polar surface area (TPSA) is 24.5 Å². The van der Waals surface area contributed by atoms with Gasteiger partial charge in [-0.2, -0.15) is 0 Å². The number of benzene rings is 1. The highest BCUT2D eigenvalue weighted by Gasteiger charge is 2.29. The molecule has 0 amide bonds. The maximum Gasteiger partial charge on any atom is 0.0510 e. The molecule has 1 saturated heterocycles. The van der Waals surface area contributed by atoms with Crippen LogP contribution in [0.3, 0.4) is 0 Å². The Balaban J connectivity index is 1.75. The van der Waals surface area contributed by atoms with Crippen molar-refractivity contribution in [3.63, 3.8) is 0 Å². The van der Waals surface area contributed by atoms with E-state index in [0.29, 0.717) is 12.0 Å². The molecule has 0 saturated carbocycles. The zero-order valence-corrected chi connectivity index (χ0v) is 13.3. The Hall–Kier alpha value is -1.06. The van der Waals surface area contributed by atoms with Crippen LogP contribution in [0.25, 0.3) is 0 Å². The Morgan fingerprint density at radius 3 is 3.00 bits per heavy atom. The first-order valence-electron chi connectivity index (χ1n) is 8.42. The van der Waals surface area contributed by atoms with Gasteiger partial charge in [-0.15, -0.1) is 0 Å². The molecule has 0 bridgehead atoms. The van der Waals surface area contributed by atoms with Crippen molar-refractivity contribution in [1.29, 1.82) is 0 Å². The van der Waals surface area contributed by atoms with Gasteiger partial charge in [0.05, 0.1) is 6.61 Å². The number of fused-ring (bicyclic) bond motifs is 1. The lowest BCUT2D eigenvalue weighted by atomic mass is 9.92. The fourth-order valence-electron chi connectivity index (χ4n) is 3.83. The molecular formula is C18H28N2O. The highest BCUT2D eigenvalue weighted by molar-refractivity contribution is 5.55. The summed E-state index contributed by atoms with van der Waals surface area (Å²) >= 11 is 0. The molecule has 3 atom stereocenters. The van der Waals surface area contributed by atoms with Gasteiger partial charge in [-0.1, -0.05) is 32.0 Å². The van der Waals surface area contributed by atoms with Crippen molar-refractivity contribution in [2.24, 2.45) is 11.8 Å². The SMILES string of the molecule is CCNC(CN1CC(C)Cc2ccccc21)C1CCOC1. The third-order valence-corrected chi connectivity index (χ3v) is 4.85. The molecule has 21 heavy (non-hydrogen) atoms. The molecule has 1 N–H and O–H groups in total. The van der Waals surface area contributed by atoms with Crippen molar-refractivity contribution >= 4 is 5.69 Å². The molecule has 1 aromatic carbocycles. The van der Waals surface area contributed by atoms with Crippen molar-refractivity contribution in [1.82, 2.24) is 5.32 Å². The van der Waals surface area contributed by atoms with Gasteiger partial charge in [-0.3, -0.25) is 0 Å². The lowest BCUT2D eigenvalue weighted by molar-refractivity contribution is 0.177. The fourth-order valence-corrected chi connectivity index (χ4v) is 3.83. The lowest BCUT2D eigenvalue weighted by Gasteiger charge is -2.38.